The lowest BCUT2D eigenvalue weighted by atomic mass is 10.0. The van der Waals surface area contributed by atoms with Crippen LogP contribution in [0.15, 0.2) is 61.2 Å². The zero-order valence-corrected chi connectivity index (χ0v) is 20.9. The number of nitrogens with zero attached hydrogens (tertiary/aromatic N) is 5. The molecule has 5 heterocycles. The maximum Gasteiger partial charge on any atom is 0.226 e. The largest absolute Gasteiger partial charge is 0.335 e. The Bertz CT molecular complexity index is 1820. The summed E-state index contributed by atoms with van der Waals surface area (Å²) in [6, 6.07) is 10.4. The van der Waals surface area contributed by atoms with Crippen LogP contribution >= 0.6 is 0 Å². The normalized spacial score (nSPS) is 11.5. The Hall–Kier alpha value is -4.99. The molecule has 0 aliphatic heterocycles. The van der Waals surface area contributed by atoms with E-state index in [1.165, 1.54) is 12.1 Å². The average Bonchev–Trinajstić information content (AvgIpc) is 3.51. The first kappa shape index (κ1) is 23.4. The van der Waals surface area contributed by atoms with Gasteiger partial charge in [0.15, 0.2) is 11.5 Å². The first-order valence-corrected chi connectivity index (χ1v) is 12.1. The summed E-state index contributed by atoms with van der Waals surface area (Å²) in [4.78, 5) is 33.6. The number of carbonyl (C=O) groups excluding carboxylic acids is 1. The zero-order valence-electron chi connectivity index (χ0n) is 20.9. The van der Waals surface area contributed by atoms with Crippen molar-refractivity contribution in [2.75, 3.05) is 5.32 Å². The number of nitrogens with one attached hydrogen (secondary N) is 3. The standard InChI is InChI=1S/C28H23FN8O/c1-14(2)28(38)32-19-9-17(10-30-11-19)21-4-5-22-25(33-21)26(37-36-22)27-34-23-13-31-12-20(24(23)35-27)16-6-15(3)7-18(29)8-16/h4-14H,1-3H3,(H,32,38)(H,34,35)(H,36,37). The molecule has 6 rings (SSSR count). The van der Waals surface area contributed by atoms with E-state index in [1.807, 2.05) is 45.0 Å². The third kappa shape index (κ3) is 4.26. The number of imidazole rings is 1. The number of hydrogen-bond donors (Lipinski definition) is 3. The highest BCUT2D eigenvalue weighted by molar-refractivity contribution is 5.96. The summed E-state index contributed by atoms with van der Waals surface area (Å²) in [5, 5.41) is 10.3. The number of rotatable bonds is 5. The first-order valence-electron chi connectivity index (χ1n) is 12.1. The van der Waals surface area contributed by atoms with Crippen molar-refractivity contribution < 1.29 is 9.18 Å². The molecular weight excluding hydrogens is 483 g/mol. The van der Waals surface area contributed by atoms with Crippen LogP contribution in [0.4, 0.5) is 10.1 Å². The van der Waals surface area contributed by atoms with Crippen LogP contribution in [0.25, 0.3) is 56.0 Å². The number of amides is 1. The number of aromatic nitrogens is 7. The topological polar surface area (TPSA) is 125 Å². The maximum atomic E-state index is 14.1. The number of halogens is 1. The van der Waals surface area contributed by atoms with Crippen molar-refractivity contribution in [2.24, 2.45) is 5.92 Å². The minimum absolute atomic E-state index is 0.0865. The number of H-pyrrole nitrogens is 2. The fourth-order valence-electron chi connectivity index (χ4n) is 4.31. The molecule has 1 amide bonds. The van der Waals surface area contributed by atoms with E-state index in [1.54, 1.807) is 24.8 Å². The van der Waals surface area contributed by atoms with E-state index in [9.17, 15) is 9.18 Å². The summed E-state index contributed by atoms with van der Waals surface area (Å²) >= 11 is 0. The van der Waals surface area contributed by atoms with Gasteiger partial charge in [0.25, 0.3) is 0 Å². The Morgan fingerprint density at radius 2 is 1.76 bits per heavy atom. The van der Waals surface area contributed by atoms with Crippen molar-refractivity contribution >= 4 is 33.7 Å². The Balaban J connectivity index is 1.42. The van der Waals surface area contributed by atoms with Gasteiger partial charge in [-0.3, -0.25) is 19.9 Å². The van der Waals surface area contributed by atoms with Gasteiger partial charge in [0, 0.05) is 29.4 Å². The molecule has 0 saturated carbocycles. The van der Waals surface area contributed by atoms with Crippen molar-refractivity contribution in [3.8, 4) is 33.9 Å². The average molecular weight is 507 g/mol. The Morgan fingerprint density at radius 3 is 2.58 bits per heavy atom. The molecule has 0 aliphatic carbocycles. The van der Waals surface area contributed by atoms with Gasteiger partial charge < -0.3 is 10.3 Å². The van der Waals surface area contributed by atoms with E-state index in [0.29, 0.717) is 50.6 Å². The molecule has 38 heavy (non-hydrogen) atoms. The number of hydrogen-bond acceptors (Lipinski definition) is 6. The van der Waals surface area contributed by atoms with E-state index in [4.69, 9.17) is 9.97 Å². The van der Waals surface area contributed by atoms with Crippen LogP contribution in [0.1, 0.15) is 19.4 Å². The number of aryl methyl sites for hydroxylation is 1. The minimum Gasteiger partial charge on any atom is -0.335 e. The molecule has 0 unspecified atom stereocenters. The molecule has 0 atom stereocenters. The van der Waals surface area contributed by atoms with Crippen molar-refractivity contribution in [1.29, 1.82) is 0 Å². The summed E-state index contributed by atoms with van der Waals surface area (Å²) < 4.78 is 14.1. The van der Waals surface area contributed by atoms with E-state index < -0.39 is 0 Å². The van der Waals surface area contributed by atoms with Crippen molar-refractivity contribution in [1.82, 2.24) is 35.1 Å². The molecule has 0 fully saturated rings. The highest BCUT2D eigenvalue weighted by Gasteiger charge is 2.18. The van der Waals surface area contributed by atoms with Crippen LogP contribution < -0.4 is 5.32 Å². The quantitative estimate of drug-likeness (QED) is 0.277. The van der Waals surface area contributed by atoms with Crippen LogP contribution in [0.3, 0.4) is 0 Å². The summed E-state index contributed by atoms with van der Waals surface area (Å²) in [7, 11) is 0. The molecular formula is C28H23FN8O. The van der Waals surface area contributed by atoms with E-state index in [-0.39, 0.29) is 17.6 Å². The second kappa shape index (κ2) is 9.15. The van der Waals surface area contributed by atoms with Crippen LogP contribution in [0.2, 0.25) is 0 Å². The molecule has 10 heteroatoms. The van der Waals surface area contributed by atoms with Crippen LogP contribution in [-0.4, -0.2) is 41.0 Å². The minimum atomic E-state index is -0.315. The van der Waals surface area contributed by atoms with E-state index in [0.717, 1.165) is 16.6 Å². The van der Waals surface area contributed by atoms with Crippen LogP contribution in [-0.2, 0) is 4.79 Å². The Morgan fingerprint density at radius 1 is 0.921 bits per heavy atom. The number of pyridine rings is 3. The monoisotopic (exact) mass is 506 g/mol. The molecule has 0 aliphatic rings. The lowest BCUT2D eigenvalue weighted by Crippen LogP contribution is -2.17. The number of carbonyl (C=O) groups is 1. The smallest absolute Gasteiger partial charge is 0.226 e. The van der Waals surface area contributed by atoms with Crippen molar-refractivity contribution in [3.05, 3.63) is 72.6 Å². The number of benzene rings is 1. The first-order chi connectivity index (χ1) is 18.4. The molecule has 6 aromatic rings. The molecule has 0 radical (unpaired) electrons. The van der Waals surface area contributed by atoms with Gasteiger partial charge in [0.1, 0.15) is 11.3 Å². The van der Waals surface area contributed by atoms with Crippen LogP contribution in [0, 0.1) is 18.7 Å². The Kier molecular flexibility index (Phi) is 5.64. The molecule has 1 aromatic carbocycles. The number of fused-ring (bicyclic) bond motifs is 2. The third-order valence-corrected chi connectivity index (χ3v) is 6.21. The van der Waals surface area contributed by atoms with E-state index in [2.05, 4.69) is 30.5 Å². The highest BCUT2D eigenvalue weighted by Crippen LogP contribution is 2.32. The number of aromatic amines is 2. The predicted octanol–water partition coefficient (Wildman–Crippen LogP) is 5.67. The van der Waals surface area contributed by atoms with Gasteiger partial charge in [-0.15, -0.1) is 0 Å². The summed E-state index contributed by atoms with van der Waals surface area (Å²) in [5.74, 6) is -0.0397. The van der Waals surface area contributed by atoms with Gasteiger partial charge >= 0.3 is 0 Å². The number of anilines is 1. The summed E-state index contributed by atoms with van der Waals surface area (Å²) in [6.07, 6.45) is 6.65. The Labute approximate surface area is 216 Å². The van der Waals surface area contributed by atoms with Gasteiger partial charge in [0.2, 0.25) is 5.91 Å². The molecule has 188 valence electrons. The lowest BCUT2D eigenvalue weighted by molar-refractivity contribution is -0.118. The SMILES string of the molecule is Cc1cc(F)cc(-c2cncc3[nH]c(-c4n[nH]c5ccc(-c6cncc(NC(=O)C(C)C)c6)nc45)nc23)c1. The van der Waals surface area contributed by atoms with Crippen molar-refractivity contribution in [2.45, 2.75) is 20.8 Å². The van der Waals surface area contributed by atoms with Gasteiger partial charge in [-0.05, 0) is 48.4 Å². The lowest BCUT2D eigenvalue weighted by Gasteiger charge is -2.08. The van der Waals surface area contributed by atoms with E-state index >= 15 is 0 Å². The molecule has 0 saturated heterocycles. The fourth-order valence-corrected chi connectivity index (χ4v) is 4.31. The maximum absolute atomic E-state index is 14.1. The molecule has 3 N–H and O–H groups in total. The summed E-state index contributed by atoms with van der Waals surface area (Å²) in [5.41, 5.74) is 7.49. The second-order valence-electron chi connectivity index (χ2n) is 9.46. The van der Waals surface area contributed by atoms with Gasteiger partial charge in [-0.2, -0.15) is 5.10 Å². The third-order valence-electron chi connectivity index (χ3n) is 6.21. The van der Waals surface area contributed by atoms with Gasteiger partial charge in [-0.1, -0.05) is 19.9 Å². The predicted molar refractivity (Wildman–Crippen MR) is 144 cm³/mol. The van der Waals surface area contributed by atoms with Gasteiger partial charge in [0.05, 0.1) is 40.3 Å². The fraction of sp³-hybridized carbons (Fsp3) is 0.143. The zero-order chi connectivity index (χ0) is 26.4. The van der Waals surface area contributed by atoms with Crippen molar-refractivity contribution in [3.63, 3.8) is 0 Å². The molecule has 5 aromatic heterocycles. The highest BCUT2D eigenvalue weighted by atomic mass is 19.1. The molecule has 9 nitrogen and oxygen atoms in total. The second-order valence-corrected chi connectivity index (χ2v) is 9.46. The molecule has 0 bridgehead atoms. The van der Waals surface area contributed by atoms with Gasteiger partial charge in [-0.25, -0.2) is 14.4 Å². The molecule has 0 spiro atoms. The summed E-state index contributed by atoms with van der Waals surface area (Å²) in [6.45, 7) is 5.51. The van der Waals surface area contributed by atoms with Crippen LogP contribution in [0.5, 0.6) is 0 Å².